The maximum absolute atomic E-state index is 10.4. The SMILES string of the molecule is CC(=O)[O-].CC(=O)[O-].CC(=O)[O-].COc1cccc(-c2cccc(-c3cccc(-c4cc(C)ccc4O)n3)n2)c1O.[Mn+3]. The second kappa shape index (κ2) is 18.4. The van der Waals surface area contributed by atoms with Gasteiger partial charge in [-0.15, -0.1) is 0 Å². The smallest absolute Gasteiger partial charge is 0.550 e. The van der Waals surface area contributed by atoms with Gasteiger partial charge in [-0.2, -0.15) is 0 Å². The van der Waals surface area contributed by atoms with Crippen molar-refractivity contribution in [2.75, 3.05) is 7.11 Å². The number of carboxylic acids is 3. The number of para-hydroxylation sites is 1. The molecule has 0 aliphatic carbocycles. The van der Waals surface area contributed by atoms with Gasteiger partial charge < -0.3 is 44.7 Å². The minimum absolute atomic E-state index is 0. The number of aliphatic carboxylic acids is 3. The number of hydrogen-bond donors (Lipinski definition) is 2. The Morgan fingerprint density at radius 3 is 1.52 bits per heavy atom. The van der Waals surface area contributed by atoms with Crippen LogP contribution in [-0.4, -0.2) is 45.2 Å². The minimum atomic E-state index is -1.08. The molecule has 11 nitrogen and oxygen atoms in total. The van der Waals surface area contributed by atoms with Crippen molar-refractivity contribution in [3.05, 3.63) is 78.4 Å². The van der Waals surface area contributed by atoms with Crippen molar-refractivity contribution in [2.24, 2.45) is 0 Å². The number of aromatic nitrogens is 2. The van der Waals surface area contributed by atoms with E-state index in [4.69, 9.17) is 39.4 Å². The summed E-state index contributed by atoms with van der Waals surface area (Å²) in [6.07, 6.45) is 0. The summed E-state index contributed by atoms with van der Waals surface area (Å²) in [6, 6.07) is 21.9. The number of hydrogen-bond acceptors (Lipinski definition) is 11. The van der Waals surface area contributed by atoms with Crippen LogP contribution in [0.15, 0.2) is 72.8 Å². The molecule has 0 atom stereocenters. The molecule has 0 radical (unpaired) electrons. The third-order valence-corrected chi connectivity index (χ3v) is 4.68. The summed E-state index contributed by atoms with van der Waals surface area (Å²) in [4.78, 5) is 36.0. The number of aromatic hydroxyl groups is 2. The Balaban J connectivity index is 0.00000111. The maximum Gasteiger partial charge on any atom is 3.00 e. The average Bonchev–Trinajstić information content (AvgIpc) is 2.89. The van der Waals surface area contributed by atoms with Gasteiger partial charge in [0.15, 0.2) is 11.5 Å². The monoisotopic (exact) mass is 616 g/mol. The molecular weight excluding hydrogens is 587 g/mol. The van der Waals surface area contributed by atoms with Crippen LogP contribution >= 0.6 is 0 Å². The third kappa shape index (κ3) is 12.9. The molecule has 2 aromatic heterocycles. The molecule has 2 aromatic carbocycles. The number of phenols is 2. The van der Waals surface area contributed by atoms with Gasteiger partial charge in [-0.1, -0.05) is 29.8 Å². The zero-order valence-electron chi connectivity index (χ0n) is 23.5. The Bertz CT molecular complexity index is 1450. The van der Waals surface area contributed by atoms with Crippen LogP contribution in [0.4, 0.5) is 0 Å². The summed E-state index contributed by atoms with van der Waals surface area (Å²) in [5.41, 5.74) is 4.92. The molecule has 4 aromatic rings. The van der Waals surface area contributed by atoms with Crippen LogP contribution in [0.5, 0.6) is 17.2 Å². The van der Waals surface area contributed by atoms with E-state index in [-0.39, 0.29) is 28.6 Å². The number of benzene rings is 2. The molecule has 0 saturated heterocycles. The largest absolute Gasteiger partial charge is 3.00 e. The van der Waals surface area contributed by atoms with Crippen LogP contribution < -0.4 is 20.1 Å². The van der Waals surface area contributed by atoms with Gasteiger partial charge in [0.2, 0.25) is 0 Å². The molecule has 220 valence electrons. The van der Waals surface area contributed by atoms with Gasteiger partial charge in [-0.3, -0.25) is 0 Å². The first kappa shape index (κ1) is 37.1. The molecule has 12 heteroatoms. The molecule has 2 heterocycles. The second-order valence-corrected chi connectivity index (χ2v) is 8.17. The van der Waals surface area contributed by atoms with E-state index in [0.29, 0.717) is 39.7 Å². The van der Waals surface area contributed by atoms with E-state index in [1.165, 1.54) is 7.11 Å². The predicted octanol–water partition coefficient (Wildman–Crippen LogP) is 1.47. The third-order valence-electron chi connectivity index (χ3n) is 4.68. The fraction of sp³-hybridized carbons (Fsp3) is 0.167. The Kier molecular flexibility index (Phi) is 16.3. The van der Waals surface area contributed by atoms with Crippen LogP contribution in [0.3, 0.4) is 0 Å². The number of ether oxygens (including phenoxy) is 1. The molecule has 0 amide bonds. The van der Waals surface area contributed by atoms with Crippen molar-refractivity contribution in [2.45, 2.75) is 27.7 Å². The number of carbonyl (C=O) groups is 3. The number of aryl methyl sites for hydroxylation is 1. The first-order valence-electron chi connectivity index (χ1n) is 11.9. The van der Waals surface area contributed by atoms with Crippen molar-refractivity contribution in [1.29, 1.82) is 0 Å². The van der Waals surface area contributed by atoms with E-state index in [2.05, 4.69) is 4.98 Å². The summed E-state index contributed by atoms with van der Waals surface area (Å²) in [5, 5.41) is 47.3. The number of phenolic OH excluding ortho intramolecular Hbond substituents is 2. The van der Waals surface area contributed by atoms with E-state index >= 15 is 0 Å². The van der Waals surface area contributed by atoms with Gasteiger partial charge in [0, 0.05) is 29.0 Å². The zero-order valence-corrected chi connectivity index (χ0v) is 24.6. The van der Waals surface area contributed by atoms with Crippen LogP contribution in [0.2, 0.25) is 0 Å². The molecule has 0 aliphatic rings. The summed E-state index contributed by atoms with van der Waals surface area (Å²) in [7, 11) is 1.51. The van der Waals surface area contributed by atoms with Gasteiger partial charge >= 0.3 is 17.1 Å². The number of methoxy groups -OCH3 is 1. The van der Waals surface area contributed by atoms with Gasteiger partial charge in [0.05, 0.1) is 29.9 Å². The summed E-state index contributed by atoms with van der Waals surface area (Å²) in [5.74, 6) is -2.63. The Morgan fingerprint density at radius 1 is 0.667 bits per heavy atom. The fourth-order valence-corrected chi connectivity index (χ4v) is 3.20. The van der Waals surface area contributed by atoms with E-state index in [1.54, 1.807) is 18.2 Å². The van der Waals surface area contributed by atoms with Crippen molar-refractivity contribution < 1.29 is 61.7 Å². The molecule has 0 fully saturated rings. The van der Waals surface area contributed by atoms with Crippen LogP contribution in [-0.2, 0) is 31.5 Å². The average molecular weight is 617 g/mol. The summed E-state index contributed by atoms with van der Waals surface area (Å²) in [6.45, 7) is 4.89. The Hall–Kier alpha value is -4.93. The standard InChI is InChI=1S/C24H20N2O3.3C2H4O2.Mn/c1-15-12-13-22(27)17(14-15)19-8-5-10-21(26-19)20-9-4-7-18(25-20)16-6-3-11-23(29-2)24(16)28;3*1-2(3)4;/h3-14,27-28H,1-2H3;3*1H3,(H,3,4);/q;;;;+3/p-3. The first-order valence-corrected chi connectivity index (χ1v) is 11.9. The van der Waals surface area contributed by atoms with Crippen molar-refractivity contribution in [3.63, 3.8) is 0 Å². The number of rotatable bonds is 4. The fourth-order valence-electron chi connectivity index (χ4n) is 3.20. The topological polar surface area (TPSA) is 196 Å². The number of carboxylic acid groups (broad SMARTS) is 3. The maximum atomic E-state index is 10.4. The van der Waals surface area contributed by atoms with E-state index in [1.807, 2.05) is 61.5 Å². The van der Waals surface area contributed by atoms with Gasteiger partial charge in [0.25, 0.3) is 0 Å². The predicted molar refractivity (Wildman–Crippen MR) is 145 cm³/mol. The minimum Gasteiger partial charge on any atom is -0.550 e. The number of nitrogens with zero attached hydrogens (tertiary/aromatic N) is 2. The molecular formula is C30H29MnN2O9. The van der Waals surface area contributed by atoms with Crippen LogP contribution in [0, 0.1) is 6.92 Å². The summed E-state index contributed by atoms with van der Waals surface area (Å²) >= 11 is 0. The number of pyridine rings is 2. The molecule has 42 heavy (non-hydrogen) atoms. The zero-order chi connectivity index (χ0) is 31.1. The molecule has 0 aliphatic heterocycles. The van der Waals surface area contributed by atoms with Gasteiger partial charge in [0.1, 0.15) is 5.75 Å². The van der Waals surface area contributed by atoms with Crippen molar-refractivity contribution in [1.82, 2.24) is 9.97 Å². The second-order valence-electron chi connectivity index (χ2n) is 8.17. The van der Waals surface area contributed by atoms with Crippen molar-refractivity contribution in [3.8, 4) is 51.2 Å². The first-order chi connectivity index (χ1) is 19.3. The van der Waals surface area contributed by atoms with Crippen molar-refractivity contribution >= 4 is 17.9 Å². The van der Waals surface area contributed by atoms with E-state index in [0.717, 1.165) is 26.3 Å². The number of carbonyl (C=O) groups excluding carboxylic acids is 3. The van der Waals surface area contributed by atoms with E-state index < -0.39 is 17.9 Å². The Morgan fingerprint density at radius 2 is 1.07 bits per heavy atom. The van der Waals surface area contributed by atoms with Gasteiger partial charge in [-0.05, 0) is 76.2 Å². The molecule has 2 N–H and O–H groups in total. The van der Waals surface area contributed by atoms with Crippen LogP contribution in [0.25, 0.3) is 33.9 Å². The van der Waals surface area contributed by atoms with Gasteiger partial charge in [-0.25, -0.2) is 9.97 Å². The summed E-state index contributed by atoms with van der Waals surface area (Å²) < 4.78 is 5.19. The molecule has 0 saturated carbocycles. The molecule has 0 unspecified atom stereocenters. The quantitative estimate of drug-likeness (QED) is 0.315. The Labute approximate surface area is 253 Å². The van der Waals surface area contributed by atoms with Crippen LogP contribution in [0.1, 0.15) is 26.3 Å². The molecule has 0 bridgehead atoms. The van der Waals surface area contributed by atoms with E-state index in [9.17, 15) is 10.2 Å². The molecule has 0 spiro atoms. The molecule has 4 rings (SSSR count). The normalized spacial score (nSPS) is 9.17.